The summed E-state index contributed by atoms with van der Waals surface area (Å²) in [5.74, 6) is 0.347. The summed E-state index contributed by atoms with van der Waals surface area (Å²) in [6.07, 6.45) is 5.53. The topological polar surface area (TPSA) is 83.3 Å². The van der Waals surface area contributed by atoms with Crippen molar-refractivity contribution in [2.45, 2.75) is 36.7 Å². The van der Waals surface area contributed by atoms with Crippen LogP contribution in [0.5, 0.6) is 5.88 Å². The van der Waals surface area contributed by atoms with Gasteiger partial charge < -0.3 is 4.74 Å². The Morgan fingerprint density at radius 3 is 2.65 bits per heavy atom. The highest BCUT2D eigenvalue weighted by atomic mass is 32.2. The molecule has 2 aromatic rings. The average molecular weight is 369 g/mol. The van der Waals surface area contributed by atoms with Gasteiger partial charge in [-0.25, -0.2) is 13.4 Å². The Morgan fingerprint density at radius 1 is 1.12 bits per heavy atom. The molecule has 1 saturated heterocycles. The van der Waals surface area contributed by atoms with Crippen molar-refractivity contribution in [3.05, 3.63) is 53.2 Å². The van der Waals surface area contributed by atoms with Gasteiger partial charge >= 0.3 is 0 Å². The van der Waals surface area contributed by atoms with Crippen molar-refractivity contribution in [3.63, 3.8) is 0 Å². The van der Waals surface area contributed by atoms with Crippen molar-refractivity contribution in [1.82, 2.24) is 9.29 Å². The molecule has 1 fully saturated rings. The number of benzene rings is 1. The second kappa shape index (κ2) is 6.71. The standard InChI is InChI=1S/C19H19N3O3S/c20-11-14-7-8-21-19(9-14)25-17-12-22(13-17)26(23,24)18-6-5-15-3-1-2-4-16(15)10-18/h5-10,17H,1-4,12-13H2. The van der Waals surface area contributed by atoms with Crippen LogP contribution >= 0.6 is 0 Å². The van der Waals surface area contributed by atoms with Crippen molar-refractivity contribution in [3.8, 4) is 11.9 Å². The molecule has 26 heavy (non-hydrogen) atoms. The van der Waals surface area contributed by atoms with E-state index < -0.39 is 10.0 Å². The Morgan fingerprint density at radius 2 is 1.88 bits per heavy atom. The lowest BCUT2D eigenvalue weighted by atomic mass is 9.92. The number of aryl methyl sites for hydroxylation is 2. The van der Waals surface area contributed by atoms with E-state index >= 15 is 0 Å². The molecule has 1 aromatic heterocycles. The zero-order valence-corrected chi connectivity index (χ0v) is 15.1. The van der Waals surface area contributed by atoms with Gasteiger partial charge in [-0.3, -0.25) is 0 Å². The lowest BCUT2D eigenvalue weighted by Gasteiger charge is -2.37. The maximum absolute atomic E-state index is 12.8. The Bertz CT molecular complexity index is 976. The molecule has 2 aliphatic rings. The fourth-order valence-corrected chi connectivity index (χ4v) is 4.96. The summed E-state index contributed by atoms with van der Waals surface area (Å²) in [7, 11) is -3.49. The van der Waals surface area contributed by atoms with Crippen LogP contribution in [-0.2, 0) is 22.9 Å². The van der Waals surface area contributed by atoms with E-state index in [1.807, 2.05) is 18.2 Å². The van der Waals surface area contributed by atoms with Gasteiger partial charge in [0.25, 0.3) is 0 Å². The summed E-state index contributed by atoms with van der Waals surface area (Å²) in [4.78, 5) is 4.42. The number of hydrogen-bond donors (Lipinski definition) is 0. The third-order valence-electron chi connectivity index (χ3n) is 4.92. The zero-order chi connectivity index (χ0) is 18.1. The molecule has 0 saturated carbocycles. The number of sulfonamides is 1. The van der Waals surface area contributed by atoms with Crippen LogP contribution in [0.15, 0.2) is 41.4 Å². The number of pyridine rings is 1. The highest BCUT2D eigenvalue weighted by Gasteiger charge is 2.38. The molecular formula is C19H19N3O3S. The molecule has 0 atom stereocenters. The molecule has 134 valence electrons. The third-order valence-corrected chi connectivity index (χ3v) is 6.75. The van der Waals surface area contributed by atoms with Gasteiger partial charge in [-0.2, -0.15) is 9.57 Å². The summed E-state index contributed by atoms with van der Waals surface area (Å²) >= 11 is 0. The highest BCUT2D eigenvalue weighted by Crippen LogP contribution is 2.28. The fraction of sp³-hybridized carbons (Fsp3) is 0.368. The lowest BCUT2D eigenvalue weighted by molar-refractivity contribution is 0.0720. The van der Waals surface area contributed by atoms with Crippen LogP contribution in [0.4, 0.5) is 0 Å². The van der Waals surface area contributed by atoms with Crippen LogP contribution in [0.1, 0.15) is 29.5 Å². The van der Waals surface area contributed by atoms with E-state index in [0.717, 1.165) is 24.8 Å². The van der Waals surface area contributed by atoms with E-state index in [9.17, 15) is 8.42 Å². The third kappa shape index (κ3) is 3.18. The van der Waals surface area contributed by atoms with E-state index in [2.05, 4.69) is 4.98 Å². The number of ether oxygens (including phenoxy) is 1. The molecule has 2 heterocycles. The van der Waals surface area contributed by atoms with Crippen LogP contribution in [0, 0.1) is 11.3 Å². The normalized spacial score (nSPS) is 17.8. The number of nitriles is 1. The minimum atomic E-state index is -3.49. The van der Waals surface area contributed by atoms with Crippen LogP contribution in [0.25, 0.3) is 0 Å². The number of fused-ring (bicyclic) bond motifs is 1. The first-order valence-electron chi connectivity index (χ1n) is 8.71. The second-order valence-corrected chi connectivity index (χ2v) is 8.63. The number of aromatic nitrogens is 1. The molecule has 0 bridgehead atoms. The molecule has 1 aromatic carbocycles. The quantitative estimate of drug-likeness (QED) is 0.826. The second-order valence-electron chi connectivity index (χ2n) is 6.69. The predicted octanol–water partition coefficient (Wildman–Crippen LogP) is 2.28. The summed E-state index contributed by atoms with van der Waals surface area (Å²) < 4.78 is 32.7. The van der Waals surface area contributed by atoms with Gasteiger partial charge in [-0.1, -0.05) is 6.07 Å². The Hall–Kier alpha value is -2.43. The summed E-state index contributed by atoms with van der Waals surface area (Å²) in [6.45, 7) is 0.579. The van der Waals surface area contributed by atoms with Gasteiger partial charge in [0.2, 0.25) is 15.9 Å². The van der Waals surface area contributed by atoms with Gasteiger partial charge in [0.05, 0.1) is 29.6 Å². The highest BCUT2D eigenvalue weighted by molar-refractivity contribution is 7.89. The molecule has 0 unspecified atom stereocenters. The smallest absolute Gasteiger partial charge is 0.243 e. The largest absolute Gasteiger partial charge is 0.471 e. The number of nitrogens with zero attached hydrogens (tertiary/aromatic N) is 3. The minimum absolute atomic E-state index is 0.246. The average Bonchev–Trinajstić information content (AvgIpc) is 2.64. The SMILES string of the molecule is N#Cc1ccnc(OC2CN(S(=O)(=O)c3ccc4c(c3)CCCC4)C2)c1. The molecule has 0 spiro atoms. The first-order valence-corrected chi connectivity index (χ1v) is 10.1. The molecule has 1 aliphatic carbocycles. The van der Waals surface area contributed by atoms with Crippen LogP contribution < -0.4 is 4.74 Å². The number of hydrogen-bond acceptors (Lipinski definition) is 5. The first-order chi connectivity index (χ1) is 12.6. The zero-order valence-electron chi connectivity index (χ0n) is 14.3. The summed E-state index contributed by atoms with van der Waals surface area (Å²) in [5.41, 5.74) is 2.89. The van der Waals surface area contributed by atoms with Crippen molar-refractivity contribution in [1.29, 1.82) is 5.26 Å². The molecular weight excluding hydrogens is 350 g/mol. The van der Waals surface area contributed by atoms with Crippen molar-refractivity contribution >= 4 is 10.0 Å². The maximum Gasteiger partial charge on any atom is 0.243 e. The van der Waals surface area contributed by atoms with E-state index in [1.165, 1.54) is 22.5 Å². The minimum Gasteiger partial charge on any atom is -0.471 e. The Labute approximate surface area is 153 Å². The predicted molar refractivity (Wildman–Crippen MR) is 95.2 cm³/mol. The summed E-state index contributed by atoms with van der Waals surface area (Å²) in [5, 5.41) is 8.91. The maximum atomic E-state index is 12.8. The van der Waals surface area contributed by atoms with Gasteiger partial charge in [0, 0.05) is 12.3 Å². The van der Waals surface area contributed by atoms with E-state index in [0.29, 0.717) is 16.3 Å². The van der Waals surface area contributed by atoms with Crippen molar-refractivity contribution in [2.24, 2.45) is 0 Å². The molecule has 1 aliphatic heterocycles. The summed E-state index contributed by atoms with van der Waals surface area (Å²) in [6, 6.07) is 10.7. The van der Waals surface area contributed by atoms with Crippen LogP contribution in [0.2, 0.25) is 0 Å². The molecule has 0 N–H and O–H groups in total. The van der Waals surface area contributed by atoms with Gasteiger partial charge in [0.15, 0.2) is 0 Å². The monoisotopic (exact) mass is 369 g/mol. The Balaban J connectivity index is 1.43. The van der Waals surface area contributed by atoms with Gasteiger partial charge in [-0.05, 0) is 55.0 Å². The number of rotatable bonds is 4. The Kier molecular flexibility index (Phi) is 4.39. The van der Waals surface area contributed by atoms with E-state index in [1.54, 1.807) is 18.2 Å². The lowest BCUT2D eigenvalue weighted by Crippen LogP contribution is -2.56. The molecule has 6 nitrogen and oxygen atoms in total. The molecule has 0 amide bonds. The van der Waals surface area contributed by atoms with E-state index in [4.69, 9.17) is 10.00 Å². The van der Waals surface area contributed by atoms with E-state index in [-0.39, 0.29) is 19.2 Å². The van der Waals surface area contributed by atoms with Gasteiger partial charge in [-0.15, -0.1) is 0 Å². The molecule has 0 radical (unpaired) electrons. The first kappa shape index (κ1) is 17.0. The molecule has 7 heteroatoms. The van der Waals surface area contributed by atoms with Crippen LogP contribution in [-0.4, -0.2) is 36.9 Å². The molecule has 4 rings (SSSR count). The fourth-order valence-electron chi connectivity index (χ4n) is 3.41. The van der Waals surface area contributed by atoms with Crippen molar-refractivity contribution < 1.29 is 13.2 Å². The van der Waals surface area contributed by atoms with Crippen molar-refractivity contribution in [2.75, 3.05) is 13.1 Å². The van der Waals surface area contributed by atoms with Crippen LogP contribution in [0.3, 0.4) is 0 Å². The van der Waals surface area contributed by atoms with Gasteiger partial charge in [0.1, 0.15) is 6.10 Å².